The van der Waals surface area contributed by atoms with Gasteiger partial charge in [0.05, 0.1) is 0 Å². The van der Waals surface area contributed by atoms with Crippen LogP contribution in [0.3, 0.4) is 0 Å². The lowest BCUT2D eigenvalue weighted by molar-refractivity contribution is -0.290. The van der Waals surface area contributed by atoms with Crippen molar-refractivity contribution < 1.29 is 14.9 Å². The quantitative estimate of drug-likeness (QED) is 0.296. The average Bonchev–Trinajstić information content (AvgIpc) is 3.24. The number of hydrogen-bond donors (Lipinski definition) is 1. The van der Waals surface area contributed by atoms with Crippen molar-refractivity contribution in [3.8, 4) is 11.5 Å². The second kappa shape index (κ2) is 10.1. The number of rotatable bonds is 7. The van der Waals surface area contributed by atoms with Crippen molar-refractivity contribution in [2.24, 2.45) is 17.3 Å². The minimum Gasteiger partial charge on any atom is -0.457 e. The van der Waals surface area contributed by atoms with E-state index in [9.17, 15) is 5.26 Å². The van der Waals surface area contributed by atoms with E-state index < -0.39 is 0 Å². The summed E-state index contributed by atoms with van der Waals surface area (Å²) in [4.78, 5) is 5.03. The molecule has 1 N–H and O–H groups in total. The summed E-state index contributed by atoms with van der Waals surface area (Å²) in [6.45, 7) is 14.8. The van der Waals surface area contributed by atoms with Crippen molar-refractivity contribution in [3.63, 3.8) is 0 Å². The van der Waals surface area contributed by atoms with E-state index in [2.05, 4.69) is 46.8 Å². The summed E-state index contributed by atoms with van der Waals surface area (Å²) in [7, 11) is 0. The highest BCUT2D eigenvalue weighted by Gasteiger charge is 2.61. The molecule has 0 saturated heterocycles. The fraction of sp³-hybridized carbons (Fsp3) is 0.462. The Morgan fingerprint density at radius 2 is 1.62 bits per heavy atom. The molecule has 0 spiro atoms. The Kier molecular flexibility index (Phi) is 8.06. The molecule has 1 saturated carbocycles. The molecule has 0 aliphatic heterocycles. The van der Waals surface area contributed by atoms with Crippen LogP contribution in [0.4, 0.5) is 0 Å². The number of allylic oxidation sites excluding steroid dienone is 2. The zero-order valence-corrected chi connectivity index (χ0v) is 18.8. The second-order valence-electron chi connectivity index (χ2n) is 8.46. The summed E-state index contributed by atoms with van der Waals surface area (Å²) in [5.74, 6) is 2.36. The first-order valence-corrected chi connectivity index (χ1v) is 10.6. The van der Waals surface area contributed by atoms with Gasteiger partial charge in [0.15, 0.2) is 0 Å². The van der Waals surface area contributed by atoms with Crippen LogP contribution in [0, 0.1) is 17.3 Å². The van der Waals surface area contributed by atoms with Crippen molar-refractivity contribution in [1.82, 2.24) is 0 Å². The van der Waals surface area contributed by atoms with Gasteiger partial charge in [0.1, 0.15) is 17.6 Å². The number of benzene rings is 2. The molecular formula is C26H36O3. The molecule has 0 bridgehead atoms. The minimum atomic E-state index is -0.257. The van der Waals surface area contributed by atoms with E-state index in [-0.39, 0.29) is 23.4 Å². The third kappa shape index (κ3) is 5.49. The first kappa shape index (κ1) is 23.2. The van der Waals surface area contributed by atoms with Gasteiger partial charge in [-0.3, -0.25) is 5.26 Å². The van der Waals surface area contributed by atoms with Crippen LogP contribution >= 0.6 is 0 Å². The average molecular weight is 397 g/mol. The van der Waals surface area contributed by atoms with E-state index in [0.717, 1.165) is 17.1 Å². The fourth-order valence-corrected chi connectivity index (χ4v) is 4.17. The maximum absolute atomic E-state index is 9.70. The van der Waals surface area contributed by atoms with Gasteiger partial charge in [0.25, 0.3) is 0 Å². The molecule has 1 aliphatic carbocycles. The van der Waals surface area contributed by atoms with Crippen molar-refractivity contribution in [2.75, 3.05) is 0 Å². The van der Waals surface area contributed by atoms with Crippen LogP contribution in [-0.2, 0) is 4.89 Å². The molecule has 4 atom stereocenters. The van der Waals surface area contributed by atoms with E-state index in [1.807, 2.05) is 62.4 Å². The summed E-state index contributed by atoms with van der Waals surface area (Å²) in [6.07, 6.45) is 2.05. The van der Waals surface area contributed by atoms with Gasteiger partial charge in [0.2, 0.25) is 0 Å². The van der Waals surface area contributed by atoms with Gasteiger partial charge in [-0.05, 0) is 55.0 Å². The Bertz CT molecular complexity index is 791. The molecule has 0 radical (unpaired) electrons. The van der Waals surface area contributed by atoms with Crippen LogP contribution in [0.2, 0.25) is 0 Å². The Balaban J connectivity index is 0.00000145. The van der Waals surface area contributed by atoms with Crippen molar-refractivity contribution >= 4 is 0 Å². The molecule has 4 unspecified atom stereocenters. The highest BCUT2D eigenvalue weighted by molar-refractivity contribution is 5.36. The Hall–Kier alpha value is -2.10. The van der Waals surface area contributed by atoms with E-state index >= 15 is 0 Å². The molecule has 0 aromatic heterocycles. The maximum Gasteiger partial charge on any atom is 0.127 e. The molecular weight excluding hydrogens is 360 g/mol. The van der Waals surface area contributed by atoms with Gasteiger partial charge in [-0.25, -0.2) is 4.89 Å². The fourth-order valence-electron chi connectivity index (χ4n) is 4.17. The number of hydrogen-bond acceptors (Lipinski definition) is 3. The summed E-state index contributed by atoms with van der Waals surface area (Å²) in [5, 5.41) is 9.70. The second-order valence-corrected chi connectivity index (χ2v) is 8.46. The van der Waals surface area contributed by atoms with Gasteiger partial charge in [-0.2, -0.15) is 0 Å². The van der Waals surface area contributed by atoms with E-state index in [1.54, 1.807) is 0 Å². The van der Waals surface area contributed by atoms with Crippen LogP contribution in [0.25, 0.3) is 0 Å². The Morgan fingerprint density at radius 1 is 1.00 bits per heavy atom. The van der Waals surface area contributed by atoms with E-state index in [0.29, 0.717) is 5.92 Å². The number of ether oxygens (including phenoxy) is 1. The number of para-hydroxylation sites is 1. The molecule has 2 aromatic rings. The standard InChI is InChI=1S/C24H30O3.C2H6/c1-16(2)14-21-22(24(21,4)5)23(27-25)17(3)18-10-9-13-20(15-18)26-19-11-7-6-8-12-19;1-2/h6-15,17,21-23,25H,1-5H3;1-2H3. The lowest BCUT2D eigenvalue weighted by atomic mass is 9.89. The minimum absolute atomic E-state index is 0.0501. The molecule has 1 fully saturated rings. The van der Waals surface area contributed by atoms with Gasteiger partial charge in [-0.15, -0.1) is 0 Å². The van der Waals surface area contributed by atoms with Crippen LogP contribution in [-0.4, -0.2) is 11.4 Å². The molecule has 0 heterocycles. The molecule has 2 aromatic carbocycles. The topological polar surface area (TPSA) is 38.7 Å². The van der Waals surface area contributed by atoms with Gasteiger partial charge in [-0.1, -0.05) is 76.6 Å². The highest BCUT2D eigenvalue weighted by Crippen LogP contribution is 2.63. The Labute approximate surface area is 176 Å². The summed E-state index contributed by atoms with van der Waals surface area (Å²) < 4.78 is 5.96. The third-order valence-electron chi connectivity index (χ3n) is 5.84. The van der Waals surface area contributed by atoms with Gasteiger partial charge < -0.3 is 4.74 Å². The van der Waals surface area contributed by atoms with Crippen molar-refractivity contribution in [3.05, 3.63) is 71.8 Å². The predicted molar refractivity (Wildman–Crippen MR) is 120 cm³/mol. The van der Waals surface area contributed by atoms with Crippen LogP contribution in [0.15, 0.2) is 66.2 Å². The van der Waals surface area contributed by atoms with E-state index in [1.165, 1.54) is 5.57 Å². The van der Waals surface area contributed by atoms with Crippen LogP contribution < -0.4 is 4.74 Å². The predicted octanol–water partition coefficient (Wildman–Crippen LogP) is 7.71. The molecule has 29 heavy (non-hydrogen) atoms. The zero-order chi connectivity index (χ0) is 21.6. The van der Waals surface area contributed by atoms with E-state index in [4.69, 9.17) is 9.62 Å². The molecule has 1 aliphatic rings. The van der Waals surface area contributed by atoms with Crippen LogP contribution in [0.1, 0.15) is 59.9 Å². The molecule has 3 nitrogen and oxygen atoms in total. The van der Waals surface area contributed by atoms with Gasteiger partial charge in [0, 0.05) is 11.8 Å². The lowest BCUT2D eigenvalue weighted by Crippen LogP contribution is -2.24. The molecule has 3 rings (SSSR count). The molecule has 3 heteroatoms. The first-order valence-electron chi connectivity index (χ1n) is 10.6. The highest BCUT2D eigenvalue weighted by atomic mass is 17.1. The van der Waals surface area contributed by atoms with Crippen LogP contribution in [0.5, 0.6) is 11.5 Å². The smallest absolute Gasteiger partial charge is 0.127 e. The zero-order valence-electron chi connectivity index (χ0n) is 18.8. The summed E-state index contributed by atoms with van der Waals surface area (Å²) in [5.41, 5.74) is 2.52. The third-order valence-corrected chi connectivity index (χ3v) is 5.84. The van der Waals surface area contributed by atoms with Gasteiger partial charge >= 0.3 is 0 Å². The maximum atomic E-state index is 9.70. The van der Waals surface area contributed by atoms with Crippen molar-refractivity contribution in [1.29, 1.82) is 0 Å². The SMILES string of the molecule is CC.CC(C)=CC1C(C(OO)C(C)c2cccc(Oc3ccccc3)c2)C1(C)C. The summed E-state index contributed by atoms with van der Waals surface area (Å²) >= 11 is 0. The summed E-state index contributed by atoms with van der Waals surface area (Å²) in [6, 6.07) is 17.8. The molecule has 0 amide bonds. The Morgan fingerprint density at radius 3 is 2.21 bits per heavy atom. The van der Waals surface area contributed by atoms with Crippen molar-refractivity contribution in [2.45, 2.75) is 60.5 Å². The largest absolute Gasteiger partial charge is 0.457 e. The normalized spacial score (nSPS) is 21.2. The lowest BCUT2D eigenvalue weighted by Gasteiger charge is -2.23. The molecule has 158 valence electrons. The monoisotopic (exact) mass is 396 g/mol. The first-order chi connectivity index (χ1) is 13.8.